The molecule has 1 aromatic carbocycles. The number of aryl methyl sites for hydroxylation is 1. The number of amides is 1. The lowest BCUT2D eigenvalue weighted by Crippen LogP contribution is -2.16. The molecule has 1 N–H and O–H groups in total. The van der Waals surface area contributed by atoms with Crippen molar-refractivity contribution in [3.8, 4) is 0 Å². The van der Waals surface area contributed by atoms with Gasteiger partial charge in [0.2, 0.25) is 0 Å². The third kappa shape index (κ3) is 3.82. The predicted octanol–water partition coefficient (Wildman–Crippen LogP) is 3.57. The summed E-state index contributed by atoms with van der Waals surface area (Å²) in [6, 6.07) is 6.80. The van der Waals surface area contributed by atoms with Crippen molar-refractivity contribution < 1.29 is 22.9 Å². The molecule has 0 bridgehead atoms. The number of halogens is 3. The standard InChI is InChI=1S/C14H10F3N3O3/c1-8-11(6-7-12(18-8)14(15,16)17)13(21)19-9-2-4-10(5-3-9)20(22)23/h2-7H,1H3,(H,19,21). The molecular weight excluding hydrogens is 315 g/mol. The van der Waals surface area contributed by atoms with Crippen LogP contribution in [-0.4, -0.2) is 15.8 Å². The van der Waals surface area contributed by atoms with Crippen LogP contribution in [0.3, 0.4) is 0 Å². The van der Waals surface area contributed by atoms with E-state index in [2.05, 4.69) is 10.3 Å². The van der Waals surface area contributed by atoms with Crippen LogP contribution in [0.1, 0.15) is 21.7 Å². The maximum Gasteiger partial charge on any atom is 0.433 e. The van der Waals surface area contributed by atoms with E-state index in [9.17, 15) is 28.1 Å². The first-order chi connectivity index (χ1) is 10.7. The highest BCUT2D eigenvalue weighted by Gasteiger charge is 2.33. The summed E-state index contributed by atoms with van der Waals surface area (Å²) in [6.45, 7) is 1.29. The summed E-state index contributed by atoms with van der Waals surface area (Å²) in [5, 5.41) is 13.0. The molecule has 0 saturated carbocycles. The first kappa shape index (κ1) is 16.4. The maximum atomic E-state index is 12.5. The lowest BCUT2D eigenvalue weighted by Gasteiger charge is -2.10. The number of hydrogen-bond acceptors (Lipinski definition) is 4. The lowest BCUT2D eigenvalue weighted by atomic mass is 10.1. The van der Waals surface area contributed by atoms with E-state index in [4.69, 9.17) is 0 Å². The normalized spacial score (nSPS) is 11.1. The fraction of sp³-hybridized carbons (Fsp3) is 0.143. The number of nitro benzene ring substituents is 1. The molecule has 2 rings (SSSR count). The number of anilines is 1. The fourth-order valence-corrected chi connectivity index (χ4v) is 1.82. The monoisotopic (exact) mass is 325 g/mol. The molecule has 2 aromatic rings. The molecule has 0 radical (unpaired) electrons. The molecule has 6 nitrogen and oxygen atoms in total. The van der Waals surface area contributed by atoms with Gasteiger partial charge < -0.3 is 5.32 Å². The van der Waals surface area contributed by atoms with E-state index in [1.54, 1.807) is 0 Å². The zero-order valence-corrected chi connectivity index (χ0v) is 11.7. The Bertz CT molecular complexity index is 758. The van der Waals surface area contributed by atoms with Gasteiger partial charge in [-0.05, 0) is 31.2 Å². The number of pyridine rings is 1. The quantitative estimate of drug-likeness (QED) is 0.690. The molecular formula is C14H10F3N3O3. The van der Waals surface area contributed by atoms with E-state index in [-0.39, 0.29) is 22.6 Å². The third-order valence-electron chi connectivity index (χ3n) is 2.96. The molecule has 0 aliphatic carbocycles. The second-order valence-electron chi connectivity index (χ2n) is 4.59. The van der Waals surface area contributed by atoms with E-state index < -0.39 is 22.7 Å². The second-order valence-corrected chi connectivity index (χ2v) is 4.59. The zero-order chi connectivity index (χ0) is 17.2. The van der Waals surface area contributed by atoms with Crippen molar-refractivity contribution >= 4 is 17.3 Å². The maximum absolute atomic E-state index is 12.5. The minimum Gasteiger partial charge on any atom is -0.322 e. The van der Waals surface area contributed by atoms with Crippen molar-refractivity contribution in [1.29, 1.82) is 0 Å². The van der Waals surface area contributed by atoms with Gasteiger partial charge in [0.25, 0.3) is 11.6 Å². The number of benzene rings is 1. The molecule has 1 heterocycles. The highest BCUT2D eigenvalue weighted by atomic mass is 19.4. The van der Waals surface area contributed by atoms with Crippen molar-refractivity contribution in [3.05, 3.63) is 63.5 Å². The van der Waals surface area contributed by atoms with E-state index in [1.807, 2.05) is 0 Å². The molecule has 23 heavy (non-hydrogen) atoms. The van der Waals surface area contributed by atoms with Crippen molar-refractivity contribution in [2.75, 3.05) is 5.32 Å². The molecule has 0 aliphatic heterocycles. The summed E-state index contributed by atoms with van der Waals surface area (Å²) in [5.41, 5.74) is -1.03. The van der Waals surface area contributed by atoms with Gasteiger partial charge in [0.15, 0.2) is 0 Å². The molecule has 0 aliphatic rings. The topological polar surface area (TPSA) is 85.1 Å². The van der Waals surface area contributed by atoms with Crippen LogP contribution in [0.2, 0.25) is 0 Å². The average molecular weight is 325 g/mol. The van der Waals surface area contributed by atoms with Crippen molar-refractivity contribution in [1.82, 2.24) is 4.98 Å². The van der Waals surface area contributed by atoms with Crippen LogP contribution < -0.4 is 5.32 Å². The Balaban J connectivity index is 2.19. The lowest BCUT2D eigenvalue weighted by molar-refractivity contribution is -0.384. The Labute approximate surface area is 128 Å². The number of carbonyl (C=O) groups excluding carboxylic acids is 1. The molecule has 0 atom stereocenters. The van der Waals surface area contributed by atoms with Crippen molar-refractivity contribution in [2.45, 2.75) is 13.1 Å². The summed E-state index contributed by atoms with van der Waals surface area (Å²) in [5.74, 6) is -0.655. The van der Waals surface area contributed by atoms with Crippen LogP contribution in [0, 0.1) is 17.0 Å². The molecule has 0 saturated heterocycles. The third-order valence-corrected chi connectivity index (χ3v) is 2.96. The van der Waals surface area contributed by atoms with E-state index in [0.29, 0.717) is 0 Å². The fourth-order valence-electron chi connectivity index (χ4n) is 1.82. The van der Waals surface area contributed by atoms with Crippen LogP contribution in [-0.2, 0) is 6.18 Å². The predicted molar refractivity (Wildman–Crippen MR) is 75.0 cm³/mol. The van der Waals surface area contributed by atoms with E-state index >= 15 is 0 Å². The minimum atomic E-state index is -4.59. The Morgan fingerprint density at radius 2 is 1.78 bits per heavy atom. The van der Waals surface area contributed by atoms with Gasteiger partial charge in [-0.15, -0.1) is 0 Å². The molecule has 9 heteroatoms. The van der Waals surface area contributed by atoms with E-state index in [1.165, 1.54) is 31.2 Å². The molecule has 120 valence electrons. The number of hydrogen-bond donors (Lipinski definition) is 1. The van der Waals surface area contributed by atoms with Crippen LogP contribution in [0.4, 0.5) is 24.5 Å². The van der Waals surface area contributed by atoms with Crippen LogP contribution in [0.5, 0.6) is 0 Å². The van der Waals surface area contributed by atoms with Gasteiger partial charge in [0, 0.05) is 17.8 Å². The van der Waals surface area contributed by atoms with Gasteiger partial charge in [-0.2, -0.15) is 13.2 Å². The summed E-state index contributed by atoms with van der Waals surface area (Å²) in [6.07, 6.45) is -4.59. The Kier molecular flexibility index (Phi) is 4.30. The number of carbonyl (C=O) groups is 1. The number of nitro groups is 1. The number of aromatic nitrogens is 1. The van der Waals surface area contributed by atoms with Gasteiger partial charge in [-0.1, -0.05) is 0 Å². The van der Waals surface area contributed by atoms with Gasteiger partial charge >= 0.3 is 6.18 Å². The number of nitrogens with zero attached hydrogens (tertiary/aromatic N) is 2. The SMILES string of the molecule is Cc1nc(C(F)(F)F)ccc1C(=O)Nc1ccc([N+](=O)[O-])cc1. The highest BCUT2D eigenvalue weighted by molar-refractivity contribution is 6.05. The smallest absolute Gasteiger partial charge is 0.322 e. The van der Waals surface area contributed by atoms with Crippen LogP contribution in [0.15, 0.2) is 36.4 Å². The summed E-state index contributed by atoms with van der Waals surface area (Å²) in [7, 11) is 0. The van der Waals surface area contributed by atoms with Crippen molar-refractivity contribution in [2.24, 2.45) is 0 Å². The molecule has 0 spiro atoms. The Morgan fingerprint density at radius 1 is 1.17 bits per heavy atom. The van der Waals surface area contributed by atoms with Gasteiger partial charge in [0.1, 0.15) is 5.69 Å². The first-order valence-electron chi connectivity index (χ1n) is 6.29. The van der Waals surface area contributed by atoms with Crippen molar-refractivity contribution in [3.63, 3.8) is 0 Å². The molecule has 0 fully saturated rings. The van der Waals surface area contributed by atoms with Gasteiger partial charge in [-0.3, -0.25) is 14.9 Å². The Morgan fingerprint density at radius 3 is 2.26 bits per heavy atom. The average Bonchev–Trinajstić information content (AvgIpc) is 2.46. The van der Waals surface area contributed by atoms with Gasteiger partial charge in [-0.25, -0.2) is 4.98 Å². The number of alkyl halides is 3. The molecule has 1 aromatic heterocycles. The zero-order valence-electron chi connectivity index (χ0n) is 11.7. The van der Waals surface area contributed by atoms with Crippen LogP contribution >= 0.6 is 0 Å². The van der Waals surface area contributed by atoms with Gasteiger partial charge in [0.05, 0.1) is 16.2 Å². The first-order valence-corrected chi connectivity index (χ1v) is 6.29. The number of non-ortho nitro benzene ring substituents is 1. The summed E-state index contributed by atoms with van der Waals surface area (Å²) >= 11 is 0. The minimum absolute atomic E-state index is 0.0173. The number of rotatable bonds is 3. The summed E-state index contributed by atoms with van der Waals surface area (Å²) < 4.78 is 37.6. The van der Waals surface area contributed by atoms with E-state index in [0.717, 1.165) is 12.1 Å². The highest BCUT2D eigenvalue weighted by Crippen LogP contribution is 2.28. The number of nitrogens with one attached hydrogen (secondary N) is 1. The summed E-state index contributed by atoms with van der Waals surface area (Å²) in [4.78, 5) is 25.4. The van der Waals surface area contributed by atoms with Crippen LogP contribution in [0.25, 0.3) is 0 Å². The Hall–Kier alpha value is -2.97. The molecule has 0 unspecified atom stereocenters. The second kappa shape index (κ2) is 6.03. The molecule has 1 amide bonds. The largest absolute Gasteiger partial charge is 0.433 e.